The van der Waals surface area contributed by atoms with Gasteiger partial charge in [-0.25, -0.2) is 0 Å². The highest BCUT2D eigenvalue weighted by molar-refractivity contribution is 5.82. The Hall–Kier alpha value is -2.06. The van der Waals surface area contributed by atoms with Crippen molar-refractivity contribution in [2.24, 2.45) is 0 Å². The van der Waals surface area contributed by atoms with Crippen LogP contribution in [0.5, 0.6) is 5.75 Å². The molecule has 1 aliphatic heterocycles. The van der Waals surface area contributed by atoms with E-state index in [2.05, 4.69) is 16.3 Å². The maximum absolute atomic E-state index is 11.7. The normalized spacial score (nSPS) is 18.9. The predicted octanol–water partition coefficient (Wildman–Crippen LogP) is 1.54. The van der Waals surface area contributed by atoms with E-state index >= 15 is 0 Å². The summed E-state index contributed by atoms with van der Waals surface area (Å²) >= 11 is 0. The molecule has 21 heavy (non-hydrogen) atoms. The molecule has 0 spiro atoms. The molecule has 0 aliphatic carbocycles. The summed E-state index contributed by atoms with van der Waals surface area (Å²) in [5.74, 6) is 0.911. The van der Waals surface area contributed by atoms with Crippen LogP contribution in [0, 0.1) is 11.3 Å². The molecule has 0 aromatic heterocycles. The minimum absolute atomic E-state index is 0.00587. The van der Waals surface area contributed by atoms with Gasteiger partial charge in [0, 0.05) is 19.6 Å². The zero-order chi connectivity index (χ0) is 15.1. The van der Waals surface area contributed by atoms with Crippen LogP contribution in [-0.4, -0.2) is 43.1 Å². The van der Waals surface area contributed by atoms with Crippen molar-refractivity contribution in [1.82, 2.24) is 10.2 Å². The first-order valence-electron chi connectivity index (χ1n) is 7.39. The smallest absolute Gasteiger partial charge is 0.237 e. The van der Waals surface area contributed by atoms with Crippen LogP contribution in [0.2, 0.25) is 0 Å². The number of rotatable bonds is 6. The summed E-state index contributed by atoms with van der Waals surface area (Å²) in [6, 6.07) is 9.18. The van der Waals surface area contributed by atoms with Gasteiger partial charge in [0.25, 0.3) is 0 Å². The van der Waals surface area contributed by atoms with Crippen LogP contribution in [0.15, 0.2) is 24.3 Å². The summed E-state index contributed by atoms with van der Waals surface area (Å²) in [4.78, 5) is 14.0. The van der Waals surface area contributed by atoms with E-state index in [1.807, 2.05) is 19.1 Å². The molecule has 1 aliphatic rings. The van der Waals surface area contributed by atoms with Gasteiger partial charge in [0.15, 0.2) is 0 Å². The maximum atomic E-state index is 11.7. The third-order valence-corrected chi connectivity index (χ3v) is 3.67. The number of nitrogens with zero attached hydrogens (tertiary/aromatic N) is 2. The molecule has 5 nitrogen and oxygen atoms in total. The lowest BCUT2D eigenvalue weighted by Crippen LogP contribution is -2.55. The van der Waals surface area contributed by atoms with Crippen molar-refractivity contribution in [1.29, 1.82) is 5.26 Å². The number of benzene rings is 1. The number of carbonyl (C=O) groups excluding carboxylic acids is 1. The lowest BCUT2D eigenvalue weighted by molar-refractivity contribution is -0.129. The fourth-order valence-electron chi connectivity index (χ4n) is 2.56. The summed E-state index contributed by atoms with van der Waals surface area (Å²) in [5.41, 5.74) is 0.632. The first-order valence-corrected chi connectivity index (χ1v) is 7.39. The fraction of sp³-hybridized carbons (Fsp3) is 0.500. The first-order chi connectivity index (χ1) is 10.2. The molecule has 1 fully saturated rings. The molecule has 0 radical (unpaired) electrons. The molecule has 1 aromatic rings. The number of piperazine rings is 1. The molecule has 2 rings (SSSR count). The second-order valence-electron chi connectivity index (χ2n) is 5.09. The van der Waals surface area contributed by atoms with Crippen molar-refractivity contribution in [3.05, 3.63) is 29.8 Å². The van der Waals surface area contributed by atoms with Gasteiger partial charge in [-0.1, -0.05) is 6.92 Å². The Kier molecular flexibility index (Phi) is 5.59. The van der Waals surface area contributed by atoms with Gasteiger partial charge in [-0.15, -0.1) is 0 Å². The van der Waals surface area contributed by atoms with Crippen LogP contribution in [0.1, 0.15) is 25.3 Å². The van der Waals surface area contributed by atoms with Crippen LogP contribution < -0.4 is 10.1 Å². The number of ether oxygens (including phenoxy) is 1. The Morgan fingerprint density at radius 2 is 2.19 bits per heavy atom. The molecular weight excluding hydrogens is 266 g/mol. The average Bonchev–Trinajstić information content (AvgIpc) is 2.52. The van der Waals surface area contributed by atoms with Crippen LogP contribution >= 0.6 is 0 Å². The molecule has 1 N–H and O–H groups in total. The zero-order valence-corrected chi connectivity index (χ0v) is 12.3. The first kappa shape index (κ1) is 15.3. The van der Waals surface area contributed by atoms with Crippen LogP contribution in [0.4, 0.5) is 0 Å². The SMILES string of the molecule is CCC1C(=O)NCCN1CCCOc1ccc(C#N)cc1. The molecule has 1 heterocycles. The minimum Gasteiger partial charge on any atom is -0.494 e. The van der Waals surface area contributed by atoms with E-state index in [0.717, 1.165) is 38.2 Å². The Balaban J connectivity index is 1.73. The number of carbonyl (C=O) groups is 1. The van der Waals surface area contributed by atoms with Crippen LogP contribution in [0.3, 0.4) is 0 Å². The predicted molar refractivity (Wildman–Crippen MR) is 79.9 cm³/mol. The summed E-state index contributed by atoms with van der Waals surface area (Å²) < 4.78 is 5.66. The highest BCUT2D eigenvalue weighted by Crippen LogP contribution is 2.13. The van der Waals surface area contributed by atoms with Crippen molar-refractivity contribution >= 4 is 5.91 Å². The summed E-state index contributed by atoms with van der Waals surface area (Å²) in [6.45, 7) is 5.14. The molecular formula is C16H21N3O2. The third kappa shape index (κ3) is 4.20. The molecule has 1 atom stereocenters. The van der Waals surface area contributed by atoms with Gasteiger partial charge in [-0.05, 0) is 37.1 Å². The molecule has 1 unspecified atom stereocenters. The van der Waals surface area contributed by atoms with Crippen molar-refractivity contribution in [3.63, 3.8) is 0 Å². The molecule has 0 saturated carbocycles. The summed E-state index contributed by atoms with van der Waals surface area (Å²) in [6.07, 6.45) is 1.71. The van der Waals surface area contributed by atoms with E-state index in [0.29, 0.717) is 12.2 Å². The van der Waals surface area contributed by atoms with E-state index in [1.54, 1.807) is 12.1 Å². The number of hydrogen-bond acceptors (Lipinski definition) is 4. The Bertz CT molecular complexity index is 507. The number of nitrogens with one attached hydrogen (secondary N) is 1. The summed E-state index contributed by atoms with van der Waals surface area (Å²) in [7, 11) is 0. The standard InChI is InChI=1S/C16H21N3O2/c1-2-15-16(20)18-8-10-19(15)9-3-11-21-14-6-4-13(12-17)5-7-14/h4-7,15H,2-3,8-11H2,1H3,(H,18,20). The Morgan fingerprint density at radius 1 is 1.43 bits per heavy atom. The topological polar surface area (TPSA) is 65.4 Å². The summed E-state index contributed by atoms with van der Waals surface area (Å²) in [5, 5.41) is 11.6. The lowest BCUT2D eigenvalue weighted by Gasteiger charge is -2.34. The number of amides is 1. The maximum Gasteiger partial charge on any atom is 0.237 e. The van der Waals surface area contributed by atoms with Crippen molar-refractivity contribution < 1.29 is 9.53 Å². The van der Waals surface area contributed by atoms with Gasteiger partial charge >= 0.3 is 0 Å². The quantitative estimate of drug-likeness (QED) is 0.806. The highest BCUT2D eigenvalue weighted by atomic mass is 16.5. The molecule has 1 saturated heterocycles. The molecule has 1 aromatic carbocycles. The monoisotopic (exact) mass is 287 g/mol. The van der Waals surface area contributed by atoms with Gasteiger partial charge in [-0.3, -0.25) is 9.69 Å². The lowest BCUT2D eigenvalue weighted by atomic mass is 10.1. The second-order valence-corrected chi connectivity index (χ2v) is 5.09. The molecule has 0 bridgehead atoms. The number of hydrogen-bond donors (Lipinski definition) is 1. The van der Waals surface area contributed by atoms with Crippen LogP contribution in [0.25, 0.3) is 0 Å². The minimum atomic E-state index is -0.00587. The van der Waals surface area contributed by atoms with Gasteiger partial charge in [0.1, 0.15) is 5.75 Å². The molecule has 5 heteroatoms. The van der Waals surface area contributed by atoms with Crippen molar-refractivity contribution in [2.75, 3.05) is 26.2 Å². The van der Waals surface area contributed by atoms with Crippen molar-refractivity contribution in [2.45, 2.75) is 25.8 Å². The Morgan fingerprint density at radius 3 is 2.86 bits per heavy atom. The van der Waals surface area contributed by atoms with Gasteiger partial charge in [0.05, 0.1) is 24.3 Å². The van der Waals surface area contributed by atoms with E-state index in [9.17, 15) is 4.79 Å². The van der Waals surface area contributed by atoms with E-state index in [1.165, 1.54) is 0 Å². The highest BCUT2D eigenvalue weighted by Gasteiger charge is 2.27. The average molecular weight is 287 g/mol. The fourth-order valence-corrected chi connectivity index (χ4v) is 2.56. The second kappa shape index (κ2) is 7.65. The van der Waals surface area contributed by atoms with Gasteiger partial charge in [0.2, 0.25) is 5.91 Å². The largest absolute Gasteiger partial charge is 0.494 e. The third-order valence-electron chi connectivity index (χ3n) is 3.67. The number of nitriles is 1. The van der Waals surface area contributed by atoms with E-state index in [4.69, 9.17) is 10.00 Å². The Labute approximate surface area is 125 Å². The zero-order valence-electron chi connectivity index (χ0n) is 12.3. The molecule has 1 amide bonds. The van der Waals surface area contributed by atoms with Gasteiger partial charge < -0.3 is 10.1 Å². The van der Waals surface area contributed by atoms with E-state index < -0.39 is 0 Å². The molecule has 112 valence electrons. The van der Waals surface area contributed by atoms with E-state index in [-0.39, 0.29) is 11.9 Å². The van der Waals surface area contributed by atoms with Crippen molar-refractivity contribution in [3.8, 4) is 11.8 Å². The van der Waals surface area contributed by atoms with Gasteiger partial charge in [-0.2, -0.15) is 5.26 Å². The van der Waals surface area contributed by atoms with Crippen LogP contribution in [-0.2, 0) is 4.79 Å².